The maximum absolute atomic E-state index is 12.1. The summed E-state index contributed by atoms with van der Waals surface area (Å²) in [6.45, 7) is 0. The second-order valence-corrected chi connectivity index (χ2v) is 5.44. The van der Waals surface area contributed by atoms with Gasteiger partial charge in [-0.05, 0) is 24.3 Å². The summed E-state index contributed by atoms with van der Waals surface area (Å²) in [5, 5.41) is 14.6. The minimum absolute atomic E-state index is 0.115. The zero-order valence-corrected chi connectivity index (χ0v) is 14.4. The molecule has 0 aromatic heterocycles. The zero-order chi connectivity index (χ0) is 17.7. The molecule has 0 radical (unpaired) electrons. The quantitative estimate of drug-likeness (QED) is 0.625. The minimum atomic E-state index is -0.507. The number of rotatable bonds is 5. The number of phenols is 1. The van der Waals surface area contributed by atoms with Gasteiger partial charge < -0.3 is 14.6 Å². The van der Waals surface area contributed by atoms with Crippen molar-refractivity contribution in [2.24, 2.45) is 5.10 Å². The third-order valence-electron chi connectivity index (χ3n) is 3.07. The number of nitrogens with zero attached hydrogens (tertiary/aromatic N) is 1. The molecule has 8 heteroatoms. The molecule has 0 unspecified atom stereocenters. The number of hydrazone groups is 1. The molecular formula is C16H14Cl2N2O4. The first-order chi connectivity index (χ1) is 11.5. The fourth-order valence-corrected chi connectivity index (χ4v) is 2.31. The average molecular weight is 369 g/mol. The third-order valence-corrected chi connectivity index (χ3v) is 3.64. The van der Waals surface area contributed by atoms with Crippen LogP contribution < -0.4 is 14.9 Å². The fourth-order valence-electron chi connectivity index (χ4n) is 1.86. The molecule has 2 N–H and O–H groups in total. The highest BCUT2D eigenvalue weighted by Crippen LogP contribution is 2.37. The van der Waals surface area contributed by atoms with Crippen LogP contribution in [0, 0.1) is 0 Å². The van der Waals surface area contributed by atoms with Crippen LogP contribution in [0.5, 0.6) is 17.2 Å². The SMILES string of the molecule is COc1cc(C(=O)N/N=C/c2ccc(Cl)cc2Cl)cc(OC)c1O. The summed E-state index contributed by atoms with van der Waals surface area (Å²) in [7, 11) is 2.74. The predicted octanol–water partition coefficient (Wildman–Crippen LogP) is 3.48. The normalized spacial score (nSPS) is 10.7. The number of halogens is 2. The second-order valence-electron chi connectivity index (χ2n) is 4.59. The first-order valence-corrected chi connectivity index (χ1v) is 7.45. The lowest BCUT2D eigenvalue weighted by atomic mass is 10.1. The Morgan fingerprint density at radius 2 is 1.79 bits per heavy atom. The summed E-state index contributed by atoms with van der Waals surface area (Å²) in [5.41, 5.74) is 3.17. The second kappa shape index (κ2) is 7.90. The van der Waals surface area contributed by atoms with E-state index in [1.165, 1.54) is 32.6 Å². The molecule has 126 valence electrons. The molecular weight excluding hydrogens is 355 g/mol. The number of aromatic hydroxyl groups is 1. The molecule has 0 fully saturated rings. The van der Waals surface area contributed by atoms with Crippen LogP contribution in [0.25, 0.3) is 0 Å². The number of amides is 1. The number of hydrogen-bond acceptors (Lipinski definition) is 5. The molecule has 0 aliphatic carbocycles. The van der Waals surface area contributed by atoms with Gasteiger partial charge in [-0.1, -0.05) is 29.3 Å². The molecule has 0 heterocycles. The van der Waals surface area contributed by atoms with E-state index < -0.39 is 5.91 Å². The standard InChI is InChI=1S/C16H14Cl2N2O4/c1-23-13-5-10(6-14(24-2)15(13)21)16(22)20-19-8-9-3-4-11(17)7-12(9)18/h3-8,21H,1-2H3,(H,20,22)/b19-8+. The largest absolute Gasteiger partial charge is 0.502 e. The molecule has 0 atom stereocenters. The maximum Gasteiger partial charge on any atom is 0.271 e. The van der Waals surface area contributed by atoms with Crippen LogP contribution in [-0.2, 0) is 0 Å². The Kier molecular flexibility index (Phi) is 5.89. The topological polar surface area (TPSA) is 80.2 Å². The third kappa shape index (κ3) is 4.10. The molecule has 0 spiro atoms. The van der Waals surface area contributed by atoms with Crippen molar-refractivity contribution in [3.05, 3.63) is 51.5 Å². The van der Waals surface area contributed by atoms with Gasteiger partial charge in [0.1, 0.15) is 0 Å². The van der Waals surface area contributed by atoms with Gasteiger partial charge in [-0.2, -0.15) is 5.10 Å². The van der Waals surface area contributed by atoms with E-state index in [1.54, 1.807) is 18.2 Å². The molecule has 1 amide bonds. The Hall–Kier alpha value is -2.44. The Balaban J connectivity index is 2.16. The first kappa shape index (κ1) is 17.9. The van der Waals surface area contributed by atoms with Gasteiger partial charge in [0.25, 0.3) is 5.91 Å². The lowest BCUT2D eigenvalue weighted by Crippen LogP contribution is -2.17. The molecule has 2 rings (SSSR count). The summed E-state index contributed by atoms with van der Waals surface area (Å²) >= 11 is 11.8. The predicted molar refractivity (Wildman–Crippen MR) is 92.7 cm³/mol. The van der Waals surface area contributed by atoms with E-state index in [9.17, 15) is 9.90 Å². The van der Waals surface area contributed by atoms with Crippen molar-refractivity contribution in [3.8, 4) is 17.2 Å². The van der Waals surface area contributed by atoms with E-state index in [0.29, 0.717) is 15.6 Å². The lowest BCUT2D eigenvalue weighted by Gasteiger charge is -2.10. The lowest BCUT2D eigenvalue weighted by molar-refractivity contribution is 0.0954. The molecule has 0 aliphatic rings. The molecule has 0 bridgehead atoms. The highest BCUT2D eigenvalue weighted by Gasteiger charge is 2.15. The van der Waals surface area contributed by atoms with Gasteiger partial charge in [0.2, 0.25) is 5.75 Å². The summed E-state index contributed by atoms with van der Waals surface area (Å²) in [4.78, 5) is 12.1. The zero-order valence-electron chi connectivity index (χ0n) is 12.8. The van der Waals surface area contributed by atoms with Crippen molar-refractivity contribution in [2.75, 3.05) is 14.2 Å². The number of hydrogen-bond donors (Lipinski definition) is 2. The van der Waals surface area contributed by atoms with Crippen LogP contribution in [0.3, 0.4) is 0 Å². The van der Waals surface area contributed by atoms with Crippen LogP contribution in [0.2, 0.25) is 10.0 Å². The van der Waals surface area contributed by atoms with Crippen molar-refractivity contribution in [3.63, 3.8) is 0 Å². The number of carbonyl (C=O) groups excluding carboxylic acids is 1. The molecule has 6 nitrogen and oxygen atoms in total. The van der Waals surface area contributed by atoms with Crippen molar-refractivity contribution < 1.29 is 19.4 Å². The number of nitrogens with one attached hydrogen (secondary N) is 1. The van der Waals surface area contributed by atoms with Crippen molar-refractivity contribution in [1.29, 1.82) is 0 Å². The monoisotopic (exact) mass is 368 g/mol. The highest BCUT2D eigenvalue weighted by atomic mass is 35.5. The number of carbonyl (C=O) groups is 1. The number of methoxy groups -OCH3 is 2. The van der Waals surface area contributed by atoms with Crippen molar-refractivity contribution in [2.45, 2.75) is 0 Å². The van der Waals surface area contributed by atoms with Crippen LogP contribution in [0.15, 0.2) is 35.4 Å². The average Bonchev–Trinajstić information content (AvgIpc) is 2.56. The van der Waals surface area contributed by atoms with Gasteiger partial charge in [-0.15, -0.1) is 0 Å². The minimum Gasteiger partial charge on any atom is -0.502 e. The van der Waals surface area contributed by atoms with Gasteiger partial charge in [0, 0.05) is 16.1 Å². The van der Waals surface area contributed by atoms with Crippen molar-refractivity contribution in [1.82, 2.24) is 5.43 Å². The maximum atomic E-state index is 12.1. The van der Waals surface area contributed by atoms with E-state index in [2.05, 4.69) is 10.5 Å². The Labute approximate surface area is 148 Å². The van der Waals surface area contributed by atoms with Gasteiger partial charge in [0.15, 0.2) is 11.5 Å². The summed E-state index contributed by atoms with van der Waals surface area (Å²) in [5.74, 6) is -0.464. The number of ether oxygens (including phenoxy) is 2. The molecule has 0 saturated carbocycles. The van der Waals surface area contributed by atoms with E-state index in [0.717, 1.165) is 0 Å². The van der Waals surface area contributed by atoms with E-state index in [4.69, 9.17) is 32.7 Å². The summed E-state index contributed by atoms with van der Waals surface area (Å²) < 4.78 is 10.0. The Bertz CT molecular complexity index is 769. The molecule has 24 heavy (non-hydrogen) atoms. The summed E-state index contributed by atoms with van der Waals surface area (Å²) in [6.07, 6.45) is 1.39. The Morgan fingerprint density at radius 1 is 1.17 bits per heavy atom. The van der Waals surface area contributed by atoms with Crippen molar-refractivity contribution >= 4 is 35.3 Å². The smallest absolute Gasteiger partial charge is 0.271 e. The number of phenolic OH excluding ortho intramolecular Hbond substituents is 1. The van der Waals surface area contributed by atoms with Gasteiger partial charge in [0.05, 0.1) is 25.5 Å². The van der Waals surface area contributed by atoms with Crippen LogP contribution in [0.1, 0.15) is 15.9 Å². The molecule has 2 aromatic carbocycles. The van der Waals surface area contributed by atoms with Crippen LogP contribution in [-0.4, -0.2) is 31.4 Å². The van der Waals surface area contributed by atoms with Crippen LogP contribution >= 0.6 is 23.2 Å². The molecule has 0 aliphatic heterocycles. The first-order valence-electron chi connectivity index (χ1n) is 6.69. The fraction of sp³-hybridized carbons (Fsp3) is 0.125. The van der Waals surface area contributed by atoms with E-state index in [1.807, 2.05) is 0 Å². The van der Waals surface area contributed by atoms with Gasteiger partial charge in [-0.3, -0.25) is 4.79 Å². The number of benzene rings is 2. The van der Waals surface area contributed by atoms with E-state index >= 15 is 0 Å². The summed E-state index contributed by atoms with van der Waals surface area (Å²) in [6, 6.07) is 7.65. The molecule has 0 saturated heterocycles. The van der Waals surface area contributed by atoms with Gasteiger partial charge >= 0.3 is 0 Å². The highest BCUT2D eigenvalue weighted by molar-refractivity contribution is 6.36. The van der Waals surface area contributed by atoms with Gasteiger partial charge in [-0.25, -0.2) is 5.43 Å². The van der Waals surface area contributed by atoms with E-state index in [-0.39, 0.29) is 22.8 Å². The van der Waals surface area contributed by atoms with Crippen LogP contribution in [0.4, 0.5) is 0 Å². The Morgan fingerprint density at radius 3 is 2.33 bits per heavy atom. The molecule has 2 aromatic rings.